The largest absolute Gasteiger partial charge is 0.489 e. The molecule has 26 heavy (non-hydrogen) atoms. The Morgan fingerprint density at radius 1 is 1.15 bits per heavy atom. The van der Waals surface area contributed by atoms with Crippen molar-refractivity contribution in [3.8, 4) is 5.75 Å². The topological polar surface area (TPSA) is 38.8 Å². The maximum Gasteiger partial charge on any atom is 0.307 e. The van der Waals surface area contributed by atoms with Crippen LogP contribution in [0, 0.1) is 0 Å². The van der Waals surface area contributed by atoms with Gasteiger partial charge in [-0.3, -0.25) is 4.79 Å². The fraction of sp³-hybridized carbons (Fsp3) is 0.381. The fourth-order valence-electron chi connectivity index (χ4n) is 2.71. The van der Waals surface area contributed by atoms with Gasteiger partial charge < -0.3 is 14.4 Å². The second kappa shape index (κ2) is 10.2. The van der Waals surface area contributed by atoms with Crippen LogP contribution in [0.5, 0.6) is 5.75 Å². The van der Waals surface area contributed by atoms with Gasteiger partial charge >= 0.3 is 5.97 Å². The van der Waals surface area contributed by atoms with E-state index in [0.717, 1.165) is 29.8 Å². The summed E-state index contributed by atoms with van der Waals surface area (Å²) in [6.07, 6.45) is 1.17. The zero-order valence-electron chi connectivity index (χ0n) is 15.6. The quantitative estimate of drug-likeness (QED) is 0.611. The average molecular weight is 376 g/mol. The van der Waals surface area contributed by atoms with E-state index >= 15 is 0 Å². The van der Waals surface area contributed by atoms with Crippen LogP contribution in [-0.2, 0) is 22.6 Å². The van der Waals surface area contributed by atoms with Crippen molar-refractivity contribution < 1.29 is 14.3 Å². The first-order valence-electron chi connectivity index (χ1n) is 8.75. The molecule has 0 saturated heterocycles. The Balaban J connectivity index is 1.95. The number of hydrogen-bond acceptors (Lipinski definition) is 4. The maximum absolute atomic E-state index is 11.7. The van der Waals surface area contributed by atoms with Gasteiger partial charge in [-0.15, -0.1) is 0 Å². The first-order valence-corrected chi connectivity index (χ1v) is 9.12. The highest BCUT2D eigenvalue weighted by Gasteiger charge is 2.18. The molecule has 0 radical (unpaired) electrons. The van der Waals surface area contributed by atoms with Gasteiger partial charge in [0.05, 0.1) is 13.5 Å². The minimum atomic E-state index is -0.184. The van der Waals surface area contributed by atoms with Gasteiger partial charge in [-0.05, 0) is 55.4 Å². The summed E-state index contributed by atoms with van der Waals surface area (Å²) in [5.41, 5.74) is 2.19. The van der Waals surface area contributed by atoms with Gasteiger partial charge in [-0.2, -0.15) is 0 Å². The molecule has 0 saturated carbocycles. The Kier molecular flexibility index (Phi) is 7.95. The molecular formula is C21H26ClNO3. The van der Waals surface area contributed by atoms with Crippen LogP contribution in [0.25, 0.3) is 0 Å². The van der Waals surface area contributed by atoms with Gasteiger partial charge in [0.15, 0.2) is 0 Å². The Labute approximate surface area is 160 Å². The van der Waals surface area contributed by atoms with Crippen LogP contribution < -0.4 is 4.74 Å². The molecular weight excluding hydrogens is 350 g/mol. The van der Waals surface area contributed by atoms with Crippen molar-refractivity contribution in [1.82, 2.24) is 4.90 Å². The Morgan fingerprint density at radius 3 is 2.50 bits per heavy atom. The number of carbonyl (C=O) groups is 1. The molecule has 0 N–H and O–H groups in total. The lowest BCUT2D eigenvalue weighted by molar-refractivity contribution is -0.141. The van der Waals surface area contributed by atoms with Crippen LogP contribution in [0.1, 0.15) is 24.5 Å². The summed E-state index contributed by atoms with van der Waals surface area (Å²) >= 11 is 5.99. The minimum Gasteiger partial charge on any atom is -0.489 e. The highest BCUT2D eigenvalue weighted by Crippen LogP contribution is 2.18. The highest BCUT2D eigenvalue weighted by atomic mass is 35.5. The molecule has 0 aliphatic carbocycles. The molecule has 4 nitrogen and oxygen atoms in total. The summed E-state index contributed by atoms with van der Waals surface area (Å²) in [7, 11) is 3.45. The first kappa shape index (κ1) is 20.3. The lowest BCUT2D eigenvalue weighted by Crippen LogP contribution is -2.35. The number of halogens is 1. The number of nitrogens with zero attached hydrogens (tertiary/aromatic N) is 1. The lowest BCUT2D eigenvalue weighted by atomic mass is 10.0. The fourth-order valence-corrected chi connectivity index (χ4v) is 2.92. The standard InChI is InChI=1S/C21H26ClNO3/c1-4-23(2)19(14-21(24)25-3)13-16-8-10-20(11-9-16)26-15-17-6-5-7-18(22)12-17/h5-12,19H,4,13-15H2,1-3H3/t19-/m0/s1. The minimum absolute atomic E-state index is 0.116. The monoisotopic (exact) mass is 375 g/mol. The summed E-state index contributed by atoms with van der Waals surface area (Å²) in [6, 6.07) is 15.8. The van der Waals surface area contributed by atoms with E-state index in [1.54, 1.807) is 0 Å². The molecule has 0 aliphatic heterocycles. The number of hydrogen-bond donors (Lipinski definition) is 0. The van der Waals surface area contributed by atoms with Gasteiger partial charge in [0, 0.05) is 11.1 Å². The van der Waals surface area contributed by atoms with Crippen molar-refractivity contribution in [1.29, 1.82) is 0 Å². The molecule has 0 aliphatic rings. The molecule has 140 valence electrons. The zero-order chi connectivity index (χ0) is 18.9. The van der Waals surface area contributed by atoms with Crippen molar-refractivity contribution in [2.75, 3.05) is 20.7 Å². The van der Waals surface area contributed by atoms with E-state index in [-0.39, 0.29) is 12.0 Å². The van der Waals surface area contributed by atoms with Crippen LogP contribution >= 0.6 is 11.6 Å². The second-order valence-corrected chi connectivity index (χ2v) is 6.71. The molecule has 0 aromatic heterocycles. The predicted molar refractivity (Wildman–Crippen MR) is 105 cm³/mol. The van der Waals surface area contributed by atoms with Gasteiger partial charge in [0.1, 0.15) is 12.4 Å². The molecule has 0 unspecified atom stereocenters. The number of ether oxygens (including phenoxy) is 2. The van der Waals surface area contributed by atoms with Crippen molar-refractivity contribution >= 4 is 17.6 Å². The lowest BCUT2D eigenvalue weighted by Gasteiger charge is -2.26. The molecule has 2 aromatic carbocycles. The van der Waals surface area contributed by atoms with E-state index in [9.17, 15) is 4.79 Å². The van der Waals surface area contributed by atoms with Crippen molar-refractivity contribution in [3.63, 3.8) is 0 Å². The van der Waals surface area contributed by atoms with Gasteiger partial charge in [-0.1, -0.05) is 42.8 Å². The second-order valence-electron chi connectivity index (χ2n) is 6.27. The Hall–Kier alpha value is -2.04. The number of likely N-dealkylation sites (N-methyl/N-ethyl adjacent to an activating group) is 1. The third kappa shape index (κ3) is 6.36. The number of rotatable bonds is 9. The Bertz CT molecular complexity index is 703. The van der Waals surface area contributed by atoms with Crippen LogP contribution in [0.3, 0.4) is 0 Å². The SMILES string of the molecule is CCN(C)[C@H](CC(=O)OC)Cc1ccc(OCc2cccc(Cl)c2)cc1. The van der Waals surface area contributed by atoms with E-state index in [4.69, 9.17) is 21.1 Å². The summed E-state index contributed by atoms with van der Waals surface area (Å²) in [6.45, 7) is 3.43. The molecule has 0 amide bonds. The molecule has 0 fully saturated rings. The van der Waals surface area contributed by atoms with E-state index < -0.39 is 0 Å². The van der Waals surface area contributed by atoms with Crippen LogP contribution in [-0.4, -0.2) is 37.6 Å². The van der Waals surface area contributed by atoms with Gasteiger partial charge in [-0.25, -0.2) is 0 Å². The summed E-state index contributed by atoms with van der Waals surface area (Å²) < 4.78 is 10.6. The highest BCUT2D eigenvalue weighted by molar-refractivity contribution is 6.30. The van der Waals surface area contributed by atoms with Crippen molar-refractivity contribution in [3.05, 3.63) is 64.7 Å². The summed E-state index contributed by atoms with van der Waals surface area (Å²) in [5, 5.41) is 0.707. The van der Waals surface area contributed by atoms with Crippen molar-refractivity contribution in [2.45, 2.75) is 32.4 Å². The van der Waals surface area contributed by atoms with E-state index in [1.807, 2.05) is 55.6 Å². The average Bonchev–Trinajstić information content (AvgIpc) is 2.66. The smallest absolute Gasteiger partial charge is 0.307 e. The van der Waals surface area contributed by atoms with Crippen LogP contribution in [0.2, 0.25) is 5.02 Å². The third-order valence-corrected chi connectivity index (χ3v) is 4.68. The van der Waals surface area contributed by atoms with Crippen LogP contribution in [0.15, 0.2) is 48.5 Å². The third-order valence-electron chi connectivity index (χ3n) is 4.44. The van der Waals surface area contributed by atoms with E-state index in [2.05, 4.69) is 11.8 Å². The zero-order valence-corrected chi connectivity index (χ0v) is 16.3. The molecule has 2 aromatic rings. The number of esters is 1. The van der Waals surface area contributed by atoms with Gasteiger partial charge in [0.2, 0.25) is 0 Å². The number of carbonyl (C=O) groups excluding carboxylic acids is 1. The van der Waals surface area contributed by atoms with Gasteiger partial charge in [0.25, 0.3) is 0 Å². The Morgan fingerprint density at radius 2 is 1.88 bits per heavy atom. The first-order chi connectivity index (χ1) is 12.5. The molecule has 2 rings (SSSR count). The number of benzene rings is 2. The van der Waals surface area contributed by atoms with Crippen molar-refractivity contribution in [2.24, 2.45) is 0 Å². The van der Waals surface area contributed by atoms with E-state index in [0.29, 0.717) is 18.1 Å². The molecule has 0 bridgehead atoms. The summed E-state index contributed by atoms with van der Waals surface area (Å²) in [5.74, 6) is 0.624. The predicted octanol–water partition coefficient (Wildman–Crippen LogP) is 4.34. The molecule has 0 spiro atoms. The molecule has 5 heteroatoms. The van der Waals surface area contributed by atoms with Crippen LogP contribution in [0.4, 0.5) is 0 Å². The maximum atomic E-state index is 11.7. The summed E-state index contributed by atoms with van der Waals surface area (Å²) in [4.78, 5) is 13.8. The molecule has 1 atom stereocenters. The van der Waals surface area contributed by atoms with E-state index in [1.165, 1.54) is 7.11 Å². The normalized spacial score (nSPS) is 12.0. The number of methoxy groups -OCH3 is 1. The molecule has 0 heterocycles.